The van der Waals surface area contributed by atoms with E-state index in [0.29, 0.717) is 18.5 Å². The number of rotatable bonds is 2. The molecule has 0 aromatic rings. The Kier molecular flexibility index (Phi) is 3.59. The normalized spacial score (nSPS) is 37.5. The second-order valence-electron chi connectivity index (χ2n) is 4.73. The first-order valence-electron chi connectivity index (χ1n) is 5.94. The topological polar surface area (TPSA) is 61.4 Å². The van der Waals surface area contributed by atoms with Gasteiger partial charge < -0.3 is 15.7 Å². The molecule has 2 rings (SSSR count). The third-order valence-corrected chi connectivity index (χ3v) is 3.71. The molecule has 86 valence electrons. The van der Waals surface area contributed by atoms with Gasteiger partial charge in [-0.2, -0.15) is 0 Å². The maximum absolute atomic E-state index is 10.8. The van der Waals surface area contributed by atoms with Gasteiger partial charge in [-0.05, 0) is 44.7 Å². The third-order valence-electron chi connectivity index (χ3n) is 3.71. The summed E-state index contributed by atoms with van der Waals surface area (Å²) in [7, 11) is 0. The molecule has 0 radical (unpaired) electrons. The Hall–Kier alpha value is -0.610. The summed E-state index contributed by atoms with van der Waals surface area (Å²) in [5.74, 6) is -0.117. The van der Waals surface area contributed by atoms with Gasteiger partial charge >= 0.3 is 5.97 Å². The molecule has 0 aliphatic carbocycles. The number of carboxylic acid groups (broad SMARTS) is 1. The van der Waals surface area contributed by atoms with E-state index >= 15 is 0 Å². The molecule has 2 saturated heterocycles. The van der Waals surface area contributed by atoms with Crippen LogP contribution >= 0.6 is 0 Å². The van der Waals surface area contributed by atoms with Crippen molar-refractivity contribution in [2.24, 2.45) is 11.8 Å². The molecule has 4 nitrogen and oxygen atoms in total. The number of hydrogen-bond donors (Lipinski definition) is 3. The number of carboxylic acids is 1. The van der Waals surface area contributed by atoms with Crippen molar-refractivity contribution in [3.8, 4) is 0 Å². The van der Waals surface area contributed by atoms with Crippen LogP contribution in [0.4, 0.5) is 0 Å². The SMILES string of the molecule is O=C(O)C1CCC(C2CCCNC2)NC1. The fraction of sp³-hybridized carbons (Fsp3) is 0.909. The molecule has 0 amide bonds. The summed E-state index contributed by atoms with van der Waals surface area (Å²) in [6.07, 6.45) is 4.39. The smallest absolute Gasteiger partial charge is 0.307 e. The van der Waals surface area contributed by atoms with E-state index in [4.69, 9.17) is 5.11 Å². The van der Waals surface area contributed by atoms with E-state index in [1.54, 1.807) is 0 Å². The highest BCUT2D eigenvalue weighted by atomic mass is 16.4. The van der Waals surface area contributed by atoms with Crippen LogP contribution < -0.4 is 10.6 Å². The van der Waals surface area contributed by atoms with E-state index in [-0.39, 0.29) is 5.92 Å². The van der Waals surface area contributed by atoms with Crippen LogP contribution in [0.15, 0.2) is 0 Å². The van der Waals surface area contributed by atoms with Gasteiger partial charge in [0.1, 0.15) is 0 Å². The molecule has 3 unspecified atom stereocenters. The van der Waals surface area contributed by atoms with E-state index in [1.807, 2.05) is 0 Å². The Morgan fingerprint density at radius 1 is 1.20 bits per heavy atom. The molecule has 0 bridgehead atoms. The highest BCUT2D eigenvalue weighted by molar-refractivity contribution is 5.70. The Morgan fingerprint density at radius 2 is 2.07 bits per heavy atom. The van der Waals surface area contributed by atoms with Crippen molar-refractivity contribution in [3.63, 3.8) is 0 Å². The van der Waals surface area contributed by atoms with Crippen molar-refractivity contribution in [1.82, 2.24) is 10.6 Å². The van der Waals surface area contributed by atoms with Crippen LogP contribution in [0.1, 0.15) is 25.7 Å². The van der Waals surface area contributed by atoms with Crippen LogP contribution in [-0.4, -0.2) is 36.8 Å². The lowest BCUT2D eigenvalue weighted by Crippen LogP contribution is -2.49. The van der Waals surface area contributed by atoms with Gasteiger partial charge in [-0.1, -0.05) is 0 Å². The van der Waals surface area contributed by atoms with E-state index in [1.165, 1.54) is 12.8 Å². The lowest BCUT2D eigenvalue weighted by Gasteiger charge is -2.35. The van der Waals surface area contributed by atoms with Crippen LogP contribution in [-0.2, 0) is 4.79 Å². The van der Waals surface area contributed by atoms with Crippen LogP contribution in [0, 0.1) is 11.8 Å². The lowest BCUT2D eigenvalue weighted by atomic mass is 9.84. The molecule has 2 fully saturated rings. The van der Waals surface area contributed by atoms with Crippen molar-refractivity contribution < 1.29 is 9.90 Å². The molecule has 15 heavy (non-hydrogen) atoms. The van der Waals surface area contributed by atoms with Crippen molar-refractivity contribution >= 4 is 5.97 Å². The zero-order chi connectivity index (χ0) is 10.7. The minimum atomic E-state index is -0.650. The van der Waals surface area contributed by atoms with Crippen molar-refractivity contribution in [3.05, 3.63) is 0 Å². The molecule has 2 heterocycles. The van der Waals surface area contributed by atoms with Crippen molar-refractivity contribution in [2.45, 2.75) is 31.7 Å². The first-order valence-corrected chi connectivity index (χ1v) is 5.94. The largest absolute Gasteiger partial charge is 0.481 e. The molecule has 0 aromatic heterocycles. The fourth-order valence-corrected chi connectivity index (χ4v) is 2.71. The van der Waals surface area contributed by atoms with Gasteiger partial charge in [0.15, 0.2) is 0 Å². The minimum absolute atomic E-state index is 0.169. The number of aliphatic carboxylic acids is 1. The zero-order valence-electron chi connectivity index (χ0n) is 9.04. The average Bonchev–Trinajstić information content (AvgIpc) is 2.30. The highest BCUT2D eigenvalue weighted by Gasteiger charge is 2.30. The quantitative estimate of drug-likeness (QED) is 0.621. The molecular formula is C11H20N2O2. The summed E-state index contributed by atoms with van der Waals surface area (Å²) in [5, 5.41) is 15.7. The van der Waals surface area contributed by atoms with Gasteiger partial charge in [-0.3, -0.25) is 4.79 Å². The average molecular weight is 212 g/mol. The summed E-state index contributed by atoms with van der Waals surface area (Å²) in [6, 6.07) is 0.536. The van der Waals surface area contributed by atoms with E-state index < -0.39 is 5.97 Å². The Bertz CT molecular complexity index is 219. The van der Waals surface area contributed by atoms with Gasteiger partial charge in [0.25, 0.3) is 0 Å². The predicted octanol–water partition coefficient (Wildman–Crippen LogP) is 0.439. The molecule has 0 spiro atoms. The Morgan fingerprint density at radius 3 is 2.60 bits per heavy atom. The van der Waals surface area contributed by atoms with Crippen molar-refractivity contribution in [2.75, 3.05) is 19.6 Å². The molecule has 2 aliphatic rings. The van der Waals surface area contributed by atoms with Gasteiger partial charge in [0, 0.05) is 12.6 Å². The van der Waals surface area contributed by atoms with Gasteiger partial charge in [-0.25, -0.2) is 0 Å². The van der Waals surface area contributed by atoms with Gasteiger partial charge in [-0.15, -0.1) is 0 Å². The lowest BCUT2D eigenvalue weighted by molar-refractivity contribution is -0.142. The van der Waals surface area contributed by atoms with Crippen molar-refractivity contribution in [1.29, 1.82) is 0 Å². The summed E-state index contributed by atoms with van der Waals surface area (Å²) >= 11 is 0. The Balaban J connectivity index is 1.79. The molecule has 2 aliphatic heterocycles. The van der Waals surface area contributed by atoms with E-state index in [9.17, 15) is 4.79 Å². The standard InChI is InChI=1S/C11H20N2O2/c14-11(15)9-3-4-10(13-7-9)8-2-1-5-12-6-8/h8-10,12-13H,1-7H2,(H,14,15). The zero-order valence-corrected chi connectivity index (χ0v) is 9.04. The molecule has 3 atom stereocenters. The molecule has 4 heteroatoms. The first-order chi connectivity index (χ1) is 7.27. The molecular weight excluding hydrogens is 192 g/mol. The predicted molar refractivity (Wildman–Crippen MR) is 57.7 cm³/mol. The number of hydrogen-bond acceptors (Lipinski definition) is 3. The number of piperidine rings is 2. The maximum atomic E-state index is 10.8. The van der Waals surface area contributed by atoms with Gasteiger partial charge in [0.2, 0.25) is 0 Å². The van der Waals surface area contributed by atoms with Crippen LogP contribution in [0.2, 0.25) is 0 Å². The highest BCUT2D eigenvalue weighted by Crippen LogP contribution is 2.23. The second kappa shape index (κ2) is 4.94. The second-order valence-corrected chi connectivity index (χ2v) is 4.73. The van der Waals surface area contributed by atoms with Gasteiger partial charge in [0.05, 0.1) is 5.92 Å². The third kappa shape index (κ3) is 2.69. The summed E-state index contributed by atoms with van der Waals surface area (Å²) in [5.41, 5.74) is 0. The van der Waals surface area contributed by atoms with E-state index in [0.717, 1.165) is 25.9 Å². The molecule has 0 aromatic carbocycles. The number of nitrogens with one attached hydrogen (secondary N) is 2. The fourth-order valence-electron chi connectivity index (χ4n) is 2.71. The van der Waals surface area contributed by atoms with Crippen LogP contribution in [0.5, 0.6) is 0 Å². The molecule has 3 N–H and O–H groups in total. The summed E-state index contributed by atoms with van der Waals surface area (Å²) < 4.78 is 0. The van der Waals surface area contributed by atoms with E-state index in [2.05, 4.69) is 10.6 Å². The summed E-state index contributed by atoms with van der Waals surface area (Å²) in [6.45, 7) is 2.88. The monoisotopic (exact) mass is 212 g/mol. The number of carbonyl (C=O) groups is 1. The summed E-state index contributed by atoms with van der Waals surface area (Å²) in [4.78, 5) is 10.8. The molecule has 0 saturated carbocycles. The minimum Gasteiger partial charge on any atom is -0.481 e. The van der Waals surface area contributed by atoms with Crippen LogP contribution in [0.25, 0.3) is 0 Å². The van der Waals surface area contributed by atoms with Crippen LogP contribution in [0.3, 0.4) is 0 Å². The maximum Gasteiger partial charge on any atom is 0.307 e. The first kappa shape index (κ1) is 10.9. The Labute approximate surface area is 90.4 Å².